The summed E-state index contributed by atoms with van der Waals surface area (Å²) in [6.07, 6.45) is 6.99. The molecule has 2 aliphatic rings. The number of aromatic nitrogens is 5. The maximum atomic E-state index is 14.0. The van der Waals surface area contributed by atoms with Crippen molar-refractivity contribution in [2.24, 2.45) is 7.05 Å². The third-order valence-electron chi connectivity index (χ3n) is 7.76. The topological polar surface area (TPSA) is 95.0 Å². The van der Waals surface area contributed by atoms with Crippen LogP contribution in [0.25, 0.3) is 11.1 Å². The van der Waals surface area contributed by atoms with Gasteiger partial charge in [-0.2, -0.15) is 10.1 Å². The van der Waals surface area contributed by atoms with E-state index in [4.69, 9.17) is 4.98 Å². The molecule has 1 aromatic carbocycles. The van der Waals surface area contributed by atoms with Crippen LogP contribution in [0.1, 0.15) is 41.5 Å². The van der Waals surface area contributed by atoms with Gasteiger partial charge in [-0.1, -0.05) is 12.1 Å². The van der Waals surface area contributed by atoms with E-state index in [0.717, 1.165) is 41.0 Å². The van der Waals surface area contributed by atoms with Gasteiger partial charge in [0, 0.05) is 68.9 Å². The first kappa shape index (κ1) is 24.1. The van der Waals surface area contributed by atoms with Gasteiger partial charge in [-0.3, -0.25) is 9.89 Å². The van der Waals surface area contributed by atoms with E-state index in [1.165, 1.54) is 0 Å². The molecule has 1 aliphatic heterocycles. The van der Waals surface area contributed by atoms with Crippen molar-refractivity contribution in [3.63, 3.8) is 0 Å². The average molecular weight is 515 g/mol. The fourth-order valence-electron chi connectivity index (χ4n) is 5.44. The van der Waals surface area contributed by atoms with Crippen LogP contribution in [0.2, 0.25) is 0 Å². The molecule has 9 nitrogen and oxygen atoms in total. The summed E-state index contributed by atoms with van der Waals surface area (Å²) >= 11 is 0. The third kappa shape index (κ3) is 4.51. The zero-order chi connectivity index (χ0) is 26.4. The van der Waals surface area contributed by atoms with Crippen LogP contribution in [0.15, 0.2) is 55.0 Å². The number of anilines is 3. The molecule has 6 rings (SSSR count). The lowest BCUT2D eigenvalue weighted by molar-refractivity contribution is -0.00118. The number of nitrogens with zero attached hydrogens (tertiary/aromatic N) is 6. The number of hydrogen-bond donors (Lipinski definition) is 2. The van der Waals surface area contributed by atoms with Crippen LogP contribution in [0.4, 0.5) is 21.8 Å². The molecule has 10 heteroatoms. The van der Waals surface area contributed by atoms with Crippen molar-refractivity contribution in [2.45, 2.75) is 44.4 Å². The van der Waals surface area contributed by atoms with Gasteiger partial charge in [-0.15, -0.1) is 0 Å². The number of H-pyrrole nitrogens is 1. The van der Waals surface area contributed by atoms with E-state index in [9.17, 15) is 9.18 Å². The molecule has 0 saturated heterocycles. The number of aromatic amines is 1. The number of alkyl halides is 1. The van der Waals surface area contributed by atoms with Crippen LogP contribution in [0.3, 0.4) is 0 Å². The highest BCUT2D eigenvalue weighted by molar-refractivity contribution is 5.93. The minimum absolute atomic E-state index is 0.0496. The standard InChI is InChI=1S/C28H31FN8O/c1-28(29)13-22(14-28)35(2)26(38)23-12-19-9-11-37(17-24(19)36(23)3)27-30-10-8-25(34-27)33-21-6-4-18(5-7-21)20-15-31-32-16-20/h4-8,10,12,15-16,22H,9,11,13-14,17H2,1-3H3,(H,31,32)(H,30,33,34). The van der Waals surface area contributed by atoms with Gasteiger partial charge >= 0.3 is 0 Å². The number of halogens is 1. The molecule has 0 bridgehead atoms. The first-order valence-corrected chi connectivity index (χ1v) is 12.9. The Labute approximate surface area is 220 Å². The minimum Gasteiger partial charge on any atom is -0.342 e. The van der Waals surface area contributed by atoms with Crippen molar-refractivity contribution >= 4 is 23.4 Å². The molecule has 4 heterocycles. The molecule has 1 saturated carbocycles. The van der Waals surface area contributed by atoms with E-state index in [0.29, 0.717) is 36.8 Å². The Balaban J connectivity index is 1.15. The summed E-state index contributed by atoms with van der Waals surface area (Å²) in [5.74, 6) is 1.29. The second-order valence-corrected chi connectivity index (χ2v) is 10.6. The van der Waals surface area contributed by atoms with Crippen molar-refractivity contribution < 1.29 is 9.18 Å². The van der Waals surface area contributed by atoms with Gasteiger partial charge < -0.3 is 19.7 Å². The van der Waals surface area contributed by atoms with Crippen LogP contribution < -0.4 is 10.2 Å². The monoisotopic (exact) mass is 514 g/mol. The van der Waals surface area contributed by atoms with E-state index in [1.54, 1.807) is 31.3 Å². The fraction of sp³-hybridized carbons (Fsp3) is 0.357. The van der Waals surface area contributed by atoms with Gasteiger partial charge in [0.2, 0.25) is 5.95 Å². The quantitative estimate of drug-likeness (QED) is 0.394. The van der Waals surface area contributed by atoms with E-state index < -0.39 is 5.67 Å². The maximum Gasteiger partial charge on any atom is 0.270 e. The summed E-state index contributed by atoms with van der Waals surface area (Å²) in [7, 11) is 3.70. The molecule has 0 spiro atoms. The molecule has 196 valence electrons. The van der Waals surface area contributed by atoms with Crippen LogP contribution in [-0.4, -0.2) is 60.8 Å². The van der Waals surface area contributed by atoms with Crippen LogP contribution in [0.5, 0.6) is 0 Å². The van der Waals surface area contributed by atoms with Gasteiger partial charge in [-0.05, 0) is 48.7 Å². The van der Waals surface area contributed by atoms with Gasteiger partial charge in [0.15, 0.2) is 0 Å². The normalized spacial score (nSPS) is 20.5. The first-order valence-electron chi connectivity index (χ1n) is 12.9. The number of carbonyl (C=O) groups is 1. The highest BCUT2D eigenvalue weighted by atomic mass is 19.1. The number of carbonyl (C=O) groups excluding carboxylic acids is 1. The van der Waals surface area contributed by atoms with Crippen molar-refractivity contribution in [3.05, 3.63) is 71.9 Å². The van der Waals surface area contributed by atoms with Gasteiger partial charge in [0.1, 0.15) is 17.2 Å². The Kier molecular flexibility index (Phi) is 5.89. The van der Waals surface area contributed by atoms with Crippen molar-refractivity contribution in [1.29, 1.82) is 0 Å². The number of benzene rings is 1. The predicted octanol–water partition coefficient (Wildman–Crippen LogP) is 4.47. The van der Waals surface area contributed by atoms with Gasteiger partial charge in [-0.25, -0.2) is 9.37 Å². The van der Waals surface area contributed by atoms with Gasteiger partial charge in [0.25, 0.3) is 5.91 Å². The molecule has 3 aromatic heterocycles. The van der Waals surface area contributed by atoms with E-state index in [2.05, 4.69) is 25.4 Å². The molecule has 38 heavy (non-hydrogen) atoms. The maximum absolute atomic E-state index is 14.0. The van der Waals surface area contributed by atoms with Gasteiger partial charge in [0.05, 0.1) is 12.7 Å². The highest BCUT2D eigenvalue weighted by Gasteiger charge is 2.44. The molecule has 0 atom stereocenters. The first-order chi connectivity index (χ1) is 18.3. The smallest absolute Gasteiger partial charge is 0.270 e. The summed E-state index contributed by atoms with van der Waals surface area (Å²) < 4.78 is 16.0. The molecule has 4 aromatic rings. The summed E-state index contributed by atoms with van der Waals surface area (Å²) in [4.78, 5) is 26.3. The van der Waals surface area contributed by atoms with E-state index in [1.807, 2.05) is 54.2 Å². The molecule has 1 aliphatic carbocycles. The molecular formula is C28H31FN8O. The highest BCUT2D eigenvalue weighted by Crippen LogP contribution is 2.39. The molecule has 0 unspecified atom stereocenters. The lowest BCUT2D eigenvalue weighted by Crippen LogP contribution is -2.52. The Morgan fingerprint density at radius 3 is 2.71 bits per heavy atom. The second kappa shape index (κ2) is 9.27. The Hall–Kier alpha value is -4.21. The Morgan fingerprint density at radius 1 is 1.21 bits per heavy atom. The summed E-state index contributed by atoms with van der Waals surface area (Å²) in [5, 5.41) is 10.2. The average Bonchev–Trinajstić information content (AvgIpc) is 3.55. The molecule has 1 amide bonds. The Bertz CT molecular complexity index is 1450. The largest absolute Gasteiger partial charge is 0.342 e. The van der Waals surface area contributed by atoms with E-state index in [-0.39, 0.29) is 11.9 Å². The molecule has 0 radical (unpaired) electrons. The molecular weight excluding hydrogens is 483 g/mol. The van der Waals surface area contributed by atoms with Crippen LogP contribution in [0, 0.1) is 0 Å². The van der Waals surface area contributed by atoms with E-state index >= 15 is 0 Å². The fourth-order valence-corrected chi connectivity index (χ4v) is 5.44. The number of rotatable bonds is 6. The summed E-state index contributed by atoms with van der Waals surface area (Å²) in [6.45, 7) is 2.96. The van der Waals surface area contributed by atoms with Crippen molar-refractivity contribution in [3.8, 4) is 11.1 Å². The SMILES string of the molecule is CN(C(=O)c1cc2c(n1C)CN(c1nccc(Nc3ccc(-c4cn[nH]c4)cc3)n1)CC2)C1CC(C)(F)C1. The summed E-state index contributed by atoms with van der Waals surface area (Å²) in [6, 6.07) is 11.9. The molecule has 1 fully saturated rings. The van der Waals surface area contributed by atoms with Crippen LogP contribution in [-0.2, 0) is 20.0 Å². The molecule has 2 N–H and O–H groups in total. The van der Waals surface area contributed by atoms with Crippen molar-refractivity contribution in [2.75, 3.05) is 23.8 Å². The zero-order valence-corrected chi connectivity index (χ0v) is 21.8. The minimum atomic E-state index is -1.17. The predicted molar refractivity (Wildman–Crippen MR) is 144 cm³/mol. The Morgan fingerprint density at radius 2 is 2.00 bits per heavy atom. The third-order valence-corrected chi connectivity index (χ3v) is 7.76. The number of fused-ring (bicyclic) bond motifs is 1. The van der Waals surface area contributed by atoms with Crippen molar-refractivity contribution in [1.82, 2.24) is 29.6 Å². The number of hydrogen-bond acceptors (Lipinski definition) is 6. The lowest BCUT2D eigenvalue weighted by Gasteiger charge is -2.43. The second-order valence-electron chi connectivity index (χ2n) is 10.6. The summed E-state index contributed by atoms with van der Waals surface area (Å²) in [5.41, 5.74) is 4.76. The van der Waals surface area contributed by atoms with Crippen LogP contribution >= 0.6 is 0 Å². The number of nitrogens with one attached hydrogen (secondary N) is 2. The number of amides is 1. The zero-order valence-electron chi connectivity index (χ0n) is 21.8. The lowest BCUT2D eigenvalue weighted by atomic mass is 9.78.